The SMILES string of the molecule is CCC(CC(=O)OC(CCOc1ccc([N+](=O)[O-])cc1)CC(=O)OC(CCOc1ccccc1)CC(C)=O)OC(=O)CC(C)OC. The molecule has 4 unspecified atom stereocenters. The zero-order valence-corrected chi connectivity index (χ0v) is 26.7. The lowest BCUT2D eigenvalue weighted by molar-refractivity contribution is -0.384. The second kappa shape index (κ2) is 20.5. The van der Waals surface area contributed by atoms with E-state index in [-0.39, 0.29) is 69.3 Å². The fourth-order valence-corrected chi connectivity index (χ4v) is 4.18. The first-order valence-electron chi connectivity index (χ1n) is 15.1. The molecule has 2 aromatic carbocycles. The van der Waals surface area contributed by atoms with Crippen LogP contribution in [0.3, 0.4) is 0 Å². The van der Waals surface area contributed by atoms with Crippen LogP contribution in [0.4, 0.5) is 5.69 Å². The number of hydrogen-bond acceptors (Lipinski definition) is 12. The molecule has 0 radical (unpaired) electrons. The van der Waals surface area contributed by atoms with Crippen molar-refractivity contribution in [2.45, 2.75) is 90.1 Å². The maximum absolute atomic E-state index is 13.0. The monoisotopic (exact) mass is 645 g/mol. The number of nitrogens with zero attached hydrogens (tertiary/aromatic N) is 1. The van der Waals surface area contributed by atoms with Gasteiger partial charge in [-0.2, -0.15) is 0 Å². The number of esters is 3. The molecular weight excluding hydrogens is 602 g/mol. The number of hydrogen-bond donors (Lipinski definition) is 0. The van der Waals surface area contributed by atoms with Gasteiger partial charge < -0.3 is 28.4 Å². The number of para-hydroxylation sites is 1. The fraction of sp³-hybridized carbons (Fsp3) is 0.515. The minimum Gasteiger partial charge on any atom is -0.493 e. The van der Waals surface area contributed by atoms with Gasteiger partial charge in [-0.1, -0.05) is 25.1 Å². The molecule has 2 rings (SSSR count). The van der Waals surface area contributed by atoms with Gasteiger partial charge >= 0.3 is 17.9 Å². The molecule has 0 aliphatic rings. The lowest BCUT2D eigenvalue weighted by Gasteiger charge is -2.22. The van der Waals surface area contributed by atoms with Gasteiger partial charge in [-0.25, -0.2) is 0 Å². The van der Waals surface area contributed by atoms with Crippen LogP contribution >= 0.6 is 0 Å². The van der Waals surface area contributed by atoms with Crippen molar-refractivity contribution in [1.29, 1.82) is 0 Å². The summed E-state index contributed by atoms with van der Waals surface area (Å²) >= 11 is 0. The predicted molar refractivity (Wildman–Crippen MR) is 165 cm³/mol. The predicted octanol–water partition coefficient (Wildman–Crippen LogP) is 5.16. The molecule has 0 saturated carbocycles. The zero-order chi connectivity index (χ0) is 33.9. The largest absolute Gasteiger partial charge is 0.493 e. The number of rotatable bonds is 22. The average molecular weight is 646 g/mol. The third-order valence-electron chi connectivity index (χ3n) is 6.72. The lowest BCUT2D eigenvalue weighted by Crippen LogP contribution is -2.30. The summed E-state index contributed by atoms with van der Waals surface area (Å²) in [6, 6.07) is 14.5. The minimum absolute atomic E-state index is 0.00588. The number of methoxy groups -OCH3 is 1. The van der Waals surface area contributed by atoms with Crippen molar-refractivity contribution in [2.24, 2.45) is 0 Å². The Morgan fingerprint density at radius 2 is 1.20 bits per heavy atom. The standard InChI is InChI=1S/C33H43NO12/c1-5-26(44-31(36)20-24(3)41-4)21-32(37)46-30(16-18-43-28-13-11-25(12-14-28)34(39)40)22-33(38)45-29(19-23(2)35)15-17-42-27-9-7-6-8-10-27/h6-14,24,26,29-30H,5,15-22H2,1-4H3. The maximum Gasteiger partial charge on any atom is 0.309 e. The first-order valence-corrected chi connectivity index (χ1v) is 15.1. The van der Waals surface area contributed by atoms with Gasteiger partial charge in [0.2, 0.25) is 0 Å². The molecule has 46 heavy (non-hydrogen) atoms. The Morgan fingerprint density at radius 1 is 0.717 bits per heavy atom. The summed E-state index contributed by atoms with van der Waals surface area (Å²) in [5.41, 5.74) is -0.0981. The van der Waals surface area contributed by atoms with Crippen molar-refractivity contribution < 1.29 is 52.5 Å². The Labute approximate surface area is 268 Å². The number of carbonyl (C=O) groups excluding carboxylic acids is 4. The van der Waals surface area contributed by atoms with E-state index in [1.165, 1.54) is 38.3 Å². The van der Waals surface area contributed by atoms with Crippen molar-refractivity contribution in [3.8, 4) is 11.5 Å². The number of non-ortho nitro benzene ring substituents is 1. The second-order valence-electron chi connectivity index (χ2n) is 10.6. The van der Waals surface area contributed by atoms with Crippen LogP contribution in [0, 0.1) is 10.1 Å². The summed E-state index contributed by atoms with van der Waals surface area (Å²) in [4.78, 5) is 60.3. The van der Waals surface area contributed by atoms with E-state index in [0.717, 1.165) is 0 Å². The molecule has 0 aliphatic heterocycles. The molecule has 2 aromatic rings. The third kappa shape index (κ3) is 15.5. The van der Waals surface area contributed by atoms with Gasteiger partial charge in [-0.05, 0) is 44.5 Å². The van der Waals surface area contributed by atoms with Gasteiger partial charge in [0.05, 0.1) is 43.5 Å². The molecule has 0 N–H and O–H groups in total. The van der Waals surface area contributed by atoms with E-state index in [2.05, 4.69) is 0 Å². The van der Waals surface area contributed by atoms with Crippen LogP contribution in [0.15, 0.2) is 54.6 Å². The van der Waals surface area contributed by atoms with Crippen molar-refractivity contribution >= 4 is 29.4 Å². The molecule has 0 heterocycles. The topological polar surface area (TPSA) is 167 Å². The third-order valence-corrected chi connectivity index (χ3v) is 6.72. The number of ether oxygens (including phenoxy) is 6. The number of nitro benzene ring substituents is 1. The molecular formula is C33H43NO12. The fourth-order valence-electron chi connectivity index (χ4n) is 4.18. The highest BCUT2D eigenvalue weighted by atomic mass is 16.6. The van der Waals surface area contributed by atoms with E-state index in [1.54, 1.807) is 26.0 Å². The van der Waals surface area contributed by atoms with Crippen LogP contribution in [0.5, 0.6) is 11.5 Å². The highest BCUT2D eigenvalue weighted by Crippen LogP contribution is 2.19. The number of nitro groups is 1. The maximum atomic E-state index is 13.0. The van der Waals surface area contributed by atoms with Crippen LogP contribution in [0.1, 0.15) is 65.7 Å². The van der Waals surface area contributed by atoms with Gasteiger partial charge in [-0.15, -0.1) is 0 Å². The Bertz CT molecular complexity index is 1250. The zero-order valence-electron chi connectivity index (χ0n) is 26.7. The molecule has 13 nitrogen and oxygen atoms in total. The quantitative estimate of drug-likeness (QED) is 0.0715. The highest BCUT2D eigenvalue weighted by Gasteiger charge is 2.26. The van der Waals surface area contributed by atoms with Crippen molar-refractivity contribution in [3.63, 3.8) is 0 Å². The first-order chi connectivity index (χ1) is 22.0. The summed E-state index contributed by atoms with van der Waals surface area (Å²) in [7, 11) is 1.48. The molecule has 13 heteroatoms. The van der Waals surface area contributed by atoms with Crippen molar-refractivity contribution in [3.05, 3.63) is 64.7 Å². The summed E-state index contributed by atoms with van der Waals surface area (Å²) < 4.78 is 33.0. The molecule has 0 spiro atoms. The number of ketones is 1. The molecule has 252 valence electrons. The highest BCUT2D eigenvalue weighted by molar-refractivity contribution is 5.77. The van der Waals surface area contributed by atoms with Gasteiger partial charge in [0.1, 0.15) is 35.6 Å². The van der Waals surface area contributed by atoms with Gasteiger partial charge in [0.25, 0.3) is 5.69 Å². The average Bonchev–Trinajstić information content (AvgIpc) is 3.00. The van der Waals surface area contributed by atoms with Gasteiger partial charge in [0.15, 0.2) is 0 Å². The summed E-state index contributed by atoms with van der Waals surface area (Å²) in [5.74, 6) is -1.08. The minimum atomic E-state index is -0.974. The normalized spacial score (nSPS) is 13.4. The Morgan fingerprint density at radius 3 is 1.70 bits per heavy atom. The van der Waals surface area contributed by atoms with E-state index in [0.29, 0.717) is 17.9 Å². The number of benzene rings is 2. The number of Topliss-reactive ketones (excluding diaryl/α,β-unsaturated/α-hetero) is 1. The smallest absolute Gasteiger partial charge is 0.309 e. The van der Waals surface area contributed by atoms with Crippen LogP contribution in [-0.2, 0) is 38.1 Å². The summed E-state index contributed by atoms with van der Waals surface area (Å²) in [6.07, 6.45) is -2.66. The van der Waals surface area contributed by atoms with Crippen molar-refractivity contribution in [2.75, 3.05) is 20.3 Å². The summed E-state index contributed by atoms with van der Waals surface area (Å²) in [5, 5.41) is 10.9. The Balaban J connectivity index is 2.03. The molecule has 0 bridgehead atoms. The van der Waals surface area contributed by atoms with Crippen molar-refractivity contribution in [1.82, 2.24) is 0 Å². The van der Waals surface area contributed by atoms with Crippen LogP contribution < -0.4 is 9.47 Å². The molecule has 0 saturated heterocycles. The van der Waals surface area contributed by atoms with Crippen LogP contribution in [0.25, 0.3) is 0 Å². The molecule has 0 amide bonds. The molecule has 0 aliphatic carbocycles. The van der Waals surface area contributed by atoms with E-state index >= 15 is 0 Å². The summed E-state index contributed by atoms with van der Waals surface area (Å²) in [6.45, 7) is 5.08. The van der Waals surface area contributed by atoms with Gasteiger partial charge in [0, 0.05) is 38.5 Å². The Kier molecular flexibility index (Phi) is 16.8. The molecule has 0 aromatic heterocycles. The van der Waals surface area contributed by atoms with E-state index < -0.39 is 41.1 Å². The van der Waals surface area contributed by atoms with E-state index in [1.807, 2.05) is 18.2 Å². The molecule has 4 atom stereocenters. The van der Waals surface area contributed by atoms with E-state index in [4.69, 9.17) is 28.4 Å². The van der Waals surface area contributed by atoms with Crippen LogP contribution in [-0.4, -0.2) is 73.4 Å². The second-order valence-corrected chi connectivity index (χ2v) is 10.6. The number of carbonyl (C=O) groups is 4. The molecule has 0 fully saturated rings. The van der Waals surface area contributed by atoms with Crippen LogP contribution in [0.2, 0.25) is 0 Å². The first kappa shape index (κ1) is 37.7. The lowest BCUT2D eigenvalue weighted by atomic mass is 10.1. The van der Waals surface area contributed by atoms with E-state index in [9.17, 15) is 29.3 Å². The Hall–Kier alpha value is -4.52. The van der Waals surface area contributed by atoms with Gasteiger partial charge in [-0.3, -0.25) is 29.3 Å².